The summed E-state index contributed by atoms with van der Waals surface area (Å²) in [7, 11) is 0. The number of ether oxygens (including phenoxy) is 2. The van der Waals surface area contributed by atoms with Crippen LogP contribution in [0.5, 0.6) is 5.75 Å². The maximum absolute atomic E-state index is 5.72. The minimum absolute atomic E-state index is 0.273. The number of rotatable bonds is 9. The molecule has 4 nitrogen and oxygen atoms in total. The molecule has 1 aliphatic heterocycles. The molecule has 4 heteroatoms. The highest BCUT2D eigenvalue weighted by Crippen LogP contribution is 2.30. The topological polar surface area (TPSA) is 33.7 Å². The number of fused-ring (bicyclic) bond motifs is 1. The van der Waals surface area contributed by atoms with E-state index >= 15 is 0 Å². The van der Waals surface area contributed by atoms with E-state index < -0.39 is 0 Å². The van der Waals surface area contributed by atoms with E-state index in [0.29, 0.717) is 0 Å². The van der Waals surface area contributed by atoms with Gasteiger partial charge in [-0.25, -0.2) is 0 Å². The van der Waals surface area contributed by atoms with Gasteiger partial charge in [-0.15, -0.1) is 0 Å². The Morgan fingerprint density at radius 2 is 1.96 bits per heavy atom. The number of hydrogen-bond acceptors (Lipinski definition) is 4. The first kappa shape index (κ1) is 18.6. The van der Waals surface area contributed by atoms with Gasteiger partial charge in [0.1, 0.15) is 12.4 Å². The first-order chi connectivity index (χ1) is 12.8. The summed E-state index contributed by atoms with van der Waals surface area (Å²) in [6, 6.07) is 17.0. The summed E-state index contributed by atoms with van der Waals surface area (Å²) in [5.41, 5.74) is 3.72. The molecule has 1 atom stereocenters. The van der Waals surface area contributed by atoms with Crippen molar-refractivity contribution in [1.82, 2.24) is 0 Å². The summed E-state index contributed by atoms with van der Waals surface area (Å²) in [4.78, 5) is 2.42. The molecule has 0 spiro atoms. The average Bonchev–Trinajstić information content (AvgIpc) is 2.67. The van der Waals surface area contributed by atoms with Crippen LogP contribution in [0.25, 0.3) is 0 Å². The molecule has 1 heterocycles. The van der Waals surface area contributed by atoms with E-state index in [0.717, 1.165) is 51.4 Å². The van der Waals surface area contributed by atoms with Crippen LogP contribution < -0.4 is 15.0 Å². The van der Waals surface area contributed by atoms with Crippen LogP contribution >= 0.6 is 0 Å². The van der Waals surface area contributed by atoms with Gasteiger partial charge in [0, 0.05) is 25.4 Å². The van der Waals surface area contributed by atoms with Gasteiger partial charge >= 0.3 is 0 Å². The lowest BCUT2D eigenvalue weighted by Crippen LogP contribution is -2.34. The molecular weight excluding hydrogens is 324 g/mol. The zero-order valence-electron chi connectivity index (χ0n) is 15.9. The molecule has 0 radical (unpaired) electrons. The Morgan fingerprint density at radius 3 is 2.77 bits per heavy atom. The van der Waals surface area contributed by atoms with Crippen LogP contribution in [0.3, 0.4) is 0 Å². The number of nitrogens with zero attached hydrogens (tertiary/aromatic N) is 1. The smallest absolute Gasteiger partial charge is 0.142 e. The number of hydrogen-bond donors (Lipinski definition) is 1. The fraction of sp³-hybridized carbons (Fsp3) is 0.455. The highest BCUT2D eigenvalue weighted by atomic mass is 16.5. The quantitative estimate of drug-likeness (QED) is 0.679. The molecule has 1 aliphatic rings. The van der Waals surface area contributed by atoms with E-state index in [9.17, 15) is 0 Å². The lowest BCUT2D eigenvalue weighted by molar-refractivity contribution is 0.0768. The summed E-state index contributed by atoms with van der Waals surface area (Å²) in [6.45, 7) is 8.67. The highest BCUT2D eigenvalue weighted by Gasteiger charge is 2.16. The van der Waals surface area contributed by atoms with Crippen LogP contribution in [0.15, 0.2) is 48.5 Å². The average molecular weight is 354 g/mol. The zero-order chi connectivity index (χ0) is 18.2. The van der Waals surface area contributed by atoms with Crippen molar-refractivity contribution in [3.05, 3.63) is 54.1 Å². The van der Waals surface area contributed by atoms with E-state index in [1.165, 1.54) is 16.9 Å². The van der Waals surface area contributed by atoms with Gasteiger partial charge in [-0.3, -0.25) is 0 Å². The van der Waals surface area contributed by atoms with Crippen LogP contribution in [-0.4, -0.2) is 39.0 Å². The van der Waals surface area contributed by atoms with Gasteiger partial charge in [-0.2, -0.15) is 0 Å². The van der Waals surface area contributed by atoms with Crippen molar-refractivity contribution in [3.8, 4) is 5.75 Å². The van der Waals surface area contributed by atoms with E-state index in [1.807, 2.05) is 19.1 Å². The van der Waals surface area contributed by atoms with Gasteiger partial charge in [0.05, 0.1) is 18.3 Å². The first-order valence-electron chi connectivity index (χ1n) is 9.67. The summed E-state index contributed by atoms with van der Waals surface area (Å²) in [5.74, 6) is 1.00. The Kier molecular flexibility index (Phi) is 6.78. The van der Waals surface area contributed by atoms with Gasteiger partial charge in [-0.05, 0) is 56.5 Å². The molecule has 0 amide bonds. The predicted molar refractivity (Wildman–Crippen MR) is 108 cm³/mol. The van der Waals surface area contributed by atoms with Crippen LogP contribution in [0, 0.1) is 0 Å². The van der Waals surface area contributed by atoms with E-state index in [1.54, 1.807) is 0 Å². The molecule has 0 saturated carbocycles. The SMILES string of the molecule is CCO[C@@H](C)Cc1ccc(NCCCN2CCOc3ccccc32)cc1. The number of para-hydroxylation sites is 2. The second-order valence-corrected chi connectivity index (χ2v) is 6.75. The summed E-state index contributed by atoms with van der Waals surface area (Å²) in [6.07, 6.45) is 2.33. The zero-order valence-corrected chi connectivity index (χ0v) is 15.9. The minimum Gasteiger partial charge on any atom is -0.490 e. The van der Waals surface area contributed by atoms with Gasteiger partial charge in [0.15, 0.2) is 0 Å². The number of anilines is 2. The normalized spacial score (nSPS) is 14.5. The second-order valence-electron chi connectivity index (χ2n) is 6.75. The van der Waals surface area contributed by atoms with Gasteiger partial charge in [0.25, 0.3) is 0 Å². The molecule has 2 aromatic carbocycles. The number of nitrogens with one attached hydrogen (secondary N) is 1. The Bertz CT molecular complexity index is 672. The molecular formula is C22H30N2O2. The van der Waals surface area contributed by atoms with Gasteiger partial charge in [-0.1, -0.05) is 24.3 Å². The van der Waals surface area contributed by atoms with Crippen molar-refractivity contribution in [1.29, 1.82) is 0 Å². The standard InChI is InChI=1S/C22H30N2O2/c1-3-25-18(2)17-19-9-11-20(12-10-19)23-13-6-14-24-15-16-26-22-8-5-4-7-21(22)24/h4-5,7-12,18,23H,3,6,13-17H2,1-2H3/t18-/m0/s1. The second kappa shape index (κ2) is 9.48. The maximum Gasteiger partial charge on any atom is 0.142 e. The van der Waals surface area contributed by atoms with Gasteiger partial charge < -0.3 is 19.7 Å². The summed E-state index contributed by atoms with van der Waals surface area (Å²) in [5, 5.41) is 3.52. The molecule has 1 N–H and O–H groups in total. The molecule has 3 rings (SSSR count). The van der Waals surface area contributed by atoms with Crippen LogP contribution in [0.1, 0.15) is 25.8 Å². The van der Waals surface area contributed by atoms with Crippen molar-refractivity contribution in [2.24, 2.45) is 0 Å². The molecule has 0 fully saturated rings. The molecule has 0 bridgehead atoms. The van der Waals surface area contributed by atoms with Gasteiger partial charge in [0.2, 0.25) is 0 Å². The monoisotopic (exact) mass is 354 g/mol. The summed E-state index contributed by atoms with van der Waals surface area (Å²) < 4.78 is 11.3. The lowest BCUT2D eigenvalue weighted by Gasteiger charge is -2.31. The Balaban J connectivity index is 1.42. The molecule has 0 saturated heterocycles. The predicted octanol–water partition coefficient (Wildman–Crippen LogP) is 4.36. The van der Waals surface area contributed by atoms with Crippen LogP contribution in [0.2, 0.25) is 0 Å². The van der Waals surface area contributed by atoms with E-state index in [2.05, 4.69) is 53.5 Å². The highest BCUT2D eigenvalue weighted by molar-refractivity contribution is 5.59. The molecule has 2 aromatic rings. The van der Waals surface area contributed by atoms with Crippen molar-refractivity contribution >= 4 is 11.4 Å². The fourth-order valence-corrected chi connectivity index (χ4v) is 3.40. The molecule has 0 unspecified atom stereocenters. The molecule has 0 aromatic heterocycles. The number of benzene rings is 2. The van der Waals surface area contributed by atoms with Crippen molar-refractivity contribution in [2.45, 2.75) is 32.8 Å². The lowest BCUT2D eigenvalue weighted by atomic mass is 10.1. The molecule has 0 aliphatic carbocycles. The van der Waals surface area contributed by atoms with E-state index in [4.69, 9.17) is 9.47 Å². The maximum atomic E-state index is 5.72. The molecule has 140 valence electrons. The Morgan fingerprint density at radius 1 is 1.15 bits per heavy atom. The fourth-order valence-electron chi connectivity index (χ4n) is 3.40. The van der Waals surface area contributed by atoms with Crippen molar-refractivity contribution in [2.75, 3.05) is 43.1 Å². The van der Waals surface area contributed by atoms with Crippen LogP contribution in [-0.2, 0) is 11.2 Å². The van der Waals surface area contributed by atoms with Crippen LogP contribution in [0.4, 0.5) is 11.4 Å². The Hall–Kier alpha value is -2.20. The molecule has 26 heavy (non-hydrogen) atoms. The summed E-state index contributed by atoms with van der Waals surface area (Å²) >= 11 is 0. The Labute approximate surface area is 157 Å². The largest absolute Gasteiger partial charge is 0.490 e. The minimum atomic E-state index is 0.273. The third-order valence-electron chi connectivity index (χ3n) is 4.69. The third-order valence-corrected chi connectivity index (χ3v) is 4.69. The first-order valence-corrected chi connectivity index (χ1v) is 9.67. The van der Waals surface area contributed by atoms with E-state index in [-0.39, 0.29) is 6.10 Å². The van der Waals surface area contributed by atoms with Crippen molar-refractivity contribution < 1.29 is 9.47 Å². The van der Waals surface area contributed by atoms with Crippen molar-refractivity contribution in [3.63, 3.8) is 0 Å². The third kappa shape index (κ3) is 5.15.